The van der Waals surface area contributed by atoms with Crippen LogP contribution in [0.15, 0.2) is 0 Å². The molecule has 1 aliphatic heterocycles. The van der Waals surface area contributed by atoms with E-state index in [4.69, 9.17) is 0 Å². The predicted octanol–water partition coefficient (Wildman–Crippen LogP) is 1.30. The maximum Gasteiger partial charge on any atom is 0.224 e. The summed E-state index contributed by atoms with van der Waals surface area (Å²) >= 11 is 0. The lowest BCUT2D eigenvalue weighted by molar-refractivity contribution is -0.128. The number of carbonyl (C=O) groups is 1. The van der Waals surface area contributed by atoms with Gasteiger partial charge in [-0.3, -0.25) is 4.79 Å². The molecule has 0 N–H and O–H groups in total. The second-order valence-corrected chi connectivity index (χ2v) is 4.14. The number of hydrogen-bond donors (Lipinski definition) is 0. The molecule has 0 unspecified atom stereocenters. The summed E-state index contributed by atoms with van der Waals surface area (Å²) in [6.45, 7) is 0. The van der Waals surface area contributed by atoms with Crippen molar-refractivity contribution in [3.63, 3.8) is 0 Å². The van der Waals surface area contributed by atoms with E-state index in [0.29, 0.717) is 12.3 Å². The second kappa shape index (κ2) is 2.73. The lowest BCUT2D eigenvalue weighted by Gasteiger charge is -2.37. The average Bonchev–Trinajstić information content (AvgIpc) is 2.41. The monoisotopic (exact) mass is 178 g/mol. The van der Waals surface area contributed by atoms with Crippen molar-refractivity contribution in [2.75, 3.05) is 7.05 Å². The first-order valence-electron chi connectivity index (χ1n) is 4.88. The molecule has 70 valence electrons. The Morgan fingerprint density at radius 2 is 2.38 bits per heavy atom. The molecule has 0 aromatic rings. The zero-order chi connectivity index (χ0) is 9.47. The van der Waals surface area contributed by atoms with Crippen molar-refractivity contribution in [3.05, 3.63) is 0 Å². The molecular weight excluding hydrogens is 164 g/mol. The lowest BCUT2D eigenvalue weighted by atomic mass is 9.74. The minimum absolute atomic E-state index is 0.147. The van der Waals surface area contributed by atoms with Crippen molar-refractivity contribution >= 4 is 5.91 Å². The number of amides is 1. The van der Waals surface area contributed by atoms with Crippen LogP contribution in [0.2, 0.25) is 0 Å². The predicted molar refractivity (Wildman–Crippen MR) is 47.7 cm³/mol. The first-order chi connectivity index (χ1) is 6.20. The van der Waals surface area contributed by atoms with E-state index < -0.39 is 5.54 Å². The zero-order valence-corrected chi connectivity index (χ0v) is 7.92. The van der Waals surface area contributed by atoms with Gasteiger partial charge in [0.05, 0.1) is 6.07 Å². The number of nitrogens with zero attached hydrogens (tertiary/aromatic N) is 2. The number of hydrogen-bond acceptors (Lipinski definition) is 2. The molecule has 2 rings (SSSR count). The van der Waals surface area contributed by atoms with E-state index in [9.17, 15) is 10.1 Å². The van der Waals surface area contributed by atoms with Crippen LogP contribution in [-0.4, -0.2) is 23.4 Å². The average molecular weight is 178 g/mol. The normalized spacial score (nSPS) is 38.6. The third-order valence-electron chi connectivity index (χ3n) is 3.62. The summed E-state index contributed by atoms with van der Waals surface area (Å²) in [5.74, 6) is 0.442. The van der Waals surface area contributed by atoms with Crippen LogP contribution in [0.1, 0.15) is 32.1 Å². The minimum Gasteiger partial charge on any atom is -0.327 e. The Morgan fingerprint density at radius 3 is 3.00 bits per heavy atom. The fraction of sp³-hybridized carbons (Fsp3) is 0.800. The van der Waals surface area contributed by atoms with Crippen LogP contribution in [-0.2, 0) is 4.79 Å². The van der Waals surface area contributed by atoms with E-state index in [0.717, 1.165) is 19.3 Å². The van der Waals surface area contributed by atoms with Gasteiger partial charge in [0.2, 0.25) is 5.91 Å². The highest BCUT2D eigenvalue weighted by Crippen LogP contribution is 2.44. The summed E-state index contributed by atoms with van der Waals surface area (Å²) in [5.41, 5.74) is -0.449. The summed E-state index contributed by atoms with van der Waals surface area (Å²) in [6, 6.07) is 2.36. The van der Waals surface area contributed by atoms with Gasteiger partial charge in [-0.05, 0) is 12.8 Å². The van der Waals surface area contributed by atoms with E-state index in [1.54, 1.807) is 11.9 Å². The highest BCUT2D eigenvalue weighted by Gasteiger charge is 2.52. The van der Waals surface area contributed by atoms with Crippen molar-refractivity contribution in [3.8, 4) is 6.07 Å². The molecule has 2 fully saturated rings. The molecular formula is C10H14N2O. The van der Waals surface area contributed by atoms with Crippen molar-refractivity contribution < 1.29 is 4.79 Å². The van der Waals surface area contributed by atoms with Crippen LogP contribution in [0.4, 0.5) is 0 Å². The molecule has 1 saturated carbocycles. The number of carbonyl (C=O) groups excluding carboxylic acids is 1. The number of likely N-dealkylation sites (tertiary alicyclic amines) is 1. The van der Waals surface area contributed by atoms with Crippen LogP contribution in [0.25, 0.3) is 0 Å². The van der Waals surface area contributed by atoms with Gasteiger partial charge >= 0.3 is 0 Å². The van der Waals surface area contributed by atoms with Crippen LogP contribution in [0, 0.1) is 17.2 Å². The van der Waals surface area contributed by atoms with Gasteiger partial charge in [-0.1, -0.05) is 12.8 Å². The summed E-state index contributed by atoms with van der Waals surface area (Å²) < 4.78 is 0. The molecule has 0 aromatic heterocycles. The van der Waals surface area contributed by atoms with Gasteiger partial charge in [0, 0.05) is 19.4 Å². The molecule has 0 spiro atoms. The van der Waals surface area contributed by atoms with E-state index >= 15 is 0 Å². The number of fused-ring (bicyclic) bond motifs is 1. The van der Waals surface area contributed by atoms with Gasteiger partial charge < -0.3 is 4.90 Å². The van der Waals surface area contributed by atoms with Crippen molar-refractivity contribution in [2.24, 2.45) is 5.92 Å². The topological polar surface area (TPSA) is 44.1 Å². The molecule has 2 aliphatic rings. The molecule has 0 aromatic carbocycles. The fourth-order valence-electron chi connectivity index (χ4n) is 2.73. The molecule has 0 bridgehead atoms. The summed E-state index contributed by atoms with van der Waals surface area (Å²) in [4.78, 5) is 13.2. The van der Waals surface area contributed by atoms with Crippen LogP contribution in [0.3, 0.4) is 0 Å². The van der Waals surface area contributed by atoms with E-state index in [-0.39, 0.29) is 5.91 Å². The maximum atomic E-state index is 11.5. The second-order valence-electron chi connectivity index (χ2n) is 4.14. The Labute approximate surface area is 78.3 Å². The Morgan fingerprint density at radius 1 is 1.62 bits per heavy atom. The Balaban J connectivity index is 2.35. The van der Waals surface area contributed by atoms with Gasteiger partial charge in [0.25, 0.3) is 0 Å². The van der Waals surface area contributed by atoms with Gasteiger partial charge in [0.15, 0.2) is 0 Å². The third kappa shape index (κ3) is 0.980. The smallest absolute Gasteiger partial charge is 0.224 e. The molecule has 3 nitrogen and oxygen atoms in total. The van der Waals surface area contributed by atoms with Crippen molar-refractivity contribution in [1.82, 2.24) is 4.90 Å². The van der Waals surface area contributed by atoms with Crippen LogP contribution in [0.5, 0.6) is 0 Å². The Bertz CT molecular complexity index is 281. The Kier molecular flexibility index (Phi) is 1.80. The van der Waals surface area contributed by atoms with Gasteiger partial charge in [-0.25, -0.2) is 0 Å². The highest BCUT2D eigenvalue weighted by atomic mass is 16.2. The third-order valence-corrected chi connectivity index (χ3v) is 3.62. The quantitative estimate of drug-likeness (QED) is 0.561. The van der Waals surface area contributed by atoms with Gasteiger partial charge in [-0.2, -0.15) is 5.26 Å². The number of rotatable bonds is 0. The molecule has 1 amide bonds. The minimum atomic E-state index is -0.449. The van der Waals surface area contributed by atoms with Gasteiger partial charge in [0.1, 0.15) is 5.54 Å². The molecule has 13 heavy (non-hydrogen) atoms. The molecule has 1 aliphatic carbocycles. The molecule has 3 heteroatoms. The number of nitriles is 1. The lowest BCUT2D eigenvalue weighted by Crippen LogP contribution is -2.47. The van der Waals surface area contributed by atoms with E-state index in [1.807, 2.05) is 0 Å². The maximum absolute atomic E-state index is 11.5. The van der Waals surface area contributed by atoms with Crippen LogP contribution < -0.4 is 0 Å². The first kappa shape index (κ1) is 8.55. The highest BCUT2D eigenvalue weighted by molar-refractivity contribution is 5.81. The Hall–Kier alpha value is -1.04. The van der Waals surface area contributed by atoms with E-state index in [2.05, 4.69) is 6.07 Å². The first-order valence-corrected chi connectivity index (χ1v) is 4.88. The van der Waals surface area contributed by atoms with Crippen LogP contribution >= 0.6 is 0 Å². The summed E-state index contributed by atoms with van der Waals surface area (Å²) in [7, 11) is 1.77. The zero-order valence-electron chi connectivity index (χ0n) is 7.92. The van der Waals surface area contributed by atoms with Crippen molar-refractivity contribution in [1.29, 1.82) is 5.26 Å². The summed E-state index contributed by atoms with van der Waals surface area (Å²) in [5, 5.41) is 9.20. The SMILES string of the molecule is CN1C(=O)C[C@H]2CCCC[C@]21C#N. The summed E-state index contributed by atoms with van der Waals surface area (Å²) in [6.07, 6.45) is 4.76. The largest absolute Gasteiger partial charge is 0.327 e. The van der Waals surface area contributed by atoms with Crippen molar-refractivity contribution in [2.45, 2.75) is 37.6 Å². The fourth-order valence-corrected chi connectivity index (χ4v) is 2.73. The van der Waals surface area contributed by atoms with Gasteiger partial charge in [-0.15, -0.1) is 0 Å². The molecule has 1 saturated heterocycles. The molecule has 2 atom stereocenters. The van der Waals surface area contributed by atoms with E-state index in [1.165, 1.54) is 6.42 Å². The standard InChI is InChI=1S/C10H14N2O/c1-12-9(13)6-8-4-2-3-5-10(8,12)7-11/h8H,2-6H2,1H3/t8-,10+/m1/s1. The molecule has 0 radical (unpaired) electrons. The molecule has 1 heterocycles.